The highest BCUT2D eigenvalue weighted by Crippen LogP contribution is 2.18. The van der Waals surface area contributed by atoms with Crippen molar-refractivity contribution >= 4 is 40.7 Å². The maximum atomic E-state index is 12.2. The topological polar surface area (TPSA) is 53.9 Å². The predicted octanol–water partition coefficient (Wildman–Crippen LogP) is 2.88. The first-order chi connectivity index (χ1) is 12.2. The number of hydrogen-bond acceptors (Lipinski definition) is 3. The highest BCUT2D eigenvalue weighted by atomic mass is 127. The van der Waals surface area contributed by atoms with Gasteiger partial charge in [0.25, 0.3) is 0 Å². The minimum atomic E-state index is -0.860. The molecule has 0 aromatic heterocycles. The van der Waals surface area contributed by atoms with Gasteiger partial charge in [-0.1, -0.05) is 30.3 Å². The molecule has 7 heteroatoms. The molecule has 1 atom stereocenters. The highest BCUT2D eigenvalue weighted by Gasteiger charge is 2.15. The summed E-state index contributed by atoms with van der Waals surface area (Å²) < 4.78 is 17.6. The van der Waals surface area contributed by atoms with Gasteiger partial charge in [-0.3, -0.25) is 9.20 Å². The molecule has 1 fully saturated rings. The fourth-order valence-electron chi connectivity index (χ4n) is 3.01. The van der Waals surface area contributed by atoms with Crippen LogP contribution in [-0.4, -0.2) is 61.2 Å². The molecule has 0 aliphatic carbocycles. The summed E-state index contributed by atoms with van der Waals surface area (Å²) in [6.07, 6.45) is 3.50. The first kappa shape index (κ1) is 23.4. The van der Waals surface area contributed by atoms with Crippen molar-refractivity contribution in [2.24, 2.45) is 10.9 Å². The molecule has 1 N–H and O–H groups in total. The van der Waals surface area contributed by atoms with E-state index < -0.39 is 10.8 Å². The summed E-state index contributed by atoms with van der Waals surface area (Å²) in [5.41, 5.74) is 1.12. The Morgan fingerprint density at radius 1 is 1.31 bits per heavy atom. The maximum absolute atomic E-state index is 12.2. The third kappa shape index (κ3) is 8.81. The van der Waals surface area contributed by atoms with Gasteiger partial charge in [0.05, 0.1) is 0 Å². The van der Waals surface area contributed by atoms with Gasteiger partial charge in [-0.25, -0.2) is 0 Å². The van der Waals surface area contributed by atoms with E-state index in [1.807, 2.05) is 30.3 Å². The Bertz CT molecular complexity index is 551. The molecular formula is C19H32IN3O2S. The molecule has 1 unspecified atom stereocenters. The SMILES string of the molecule is CN=C(NCCS(=O)Cc1ccccc1)N(C)CCC1CCOCC1.I. The van der Waals surface area contributed by atoms with Crippen molar-refractivity contribution in [1.82, 2.24) is 10.2 Å². The molecule has 0 saturated carbocycles. The summed E-state index contributed by atoms with van der Waals surface area (Å²) in [7, 11) is 3.00. The third-order valence-electron chi connectivity index (χ3n) is 4.57. The molecule has 2 rings (SSSR count). The number of hydrogen-bond donors (Lipinski definition) is 1. The van der Waals surface area contributed by atoms with E-state index in [0.29, 0.717) is 18.1 Å². The summed E-state index contributed by atoms with van der Waals surface area (Å²) in [5.74, 6) is 2.87. The normalized spacial score (nSPS) is 16.6. The fourth-order valence-corrected chi connectivity index (χ4v) is 4.05. The van der Waals surface area contributed by atoms with Crippen molar-refractivity contribution in [2.45, 2.75) is 25.0 Å². The van der Waals surface area contributed by atoms with Crippen LogP contribution in [0.3, 0.4) is 0 Å². The van der Waals surface area contributed by atoms with Crippen LogP contribution in [0.15, 0.2) is 35.3 Å². The summed E-state index contributed by atoms with van der Waals surface area (Å²) >= 11 is 0. The highest BCUT2D eigenvalue weighted by molar-refractivity contribution is 14.0. The van der Waals surface area contributed by atoms with Gasteiger partial charge in [0.2, 0.25) is 0 Å². The zero-order valence-electron chi connectivity index (χ0n) is 15.9. The number of nitrogens with zero attached hydrogens (tertiary/aromatic N) is 2. The number of halogens is 1. The Labute approximate surface area is 177 Å². The van der Waals surface area contributed by atoms with E-state index >= 15 is 0 Å². The van der Waals surface area contributed by atoms with Gasteiger partial charge in [-0.2, -0.15) is 0 Å². The number of guanidine groups is 1. The molecule has 148 valence electrons. The van der Waals surface area contributed by atoms with Gasteiger partial charge >= 0.3 is 0 Å². The maximum Gasteiger partial charge on any atom is 0.193 e. The molecule has 1 aromatic rings. The summed E-state index contributed by atoms with van der Waals surface area (Å²) in [5, 5.41) is 3.33. The molecule has 0 amide bonds. The monoisotopic (exact) mass is 493 g/mol. The van der Waals surface area contributed by atoms with E-state index in [9.17, 15) is 4.21 Å². The van der Waals surface area contributed by atoms with Crippen LogP contribution >= 0.6 is 24.0 Å². The smallest absolute Gasteiger partial charge is 0.193 e. The predicted molar refractivity (Wildman–Crippen MR) is 121 cm³/mol. The summed E-state index contributed by atoms with van der Waals surface area (Å²) in [4.78, 5) is 6.50. The third-order valence-corrected chi connectivity index (χ3v) is 5.89. The fraction of sp³-hybridized carbons (Fsp3) is 0.632. The molecule has 1 aromatic carbocycles. The average Bonchev–Trinajstić information content (AvgIpc) is 2.65. The van der Waals surface area contributed by atoms with E-state index in [-0.39, 0.29) is 24.0 Å². The molecule has 1 saturated heterocycles. The van der Waals surface area contributed by atoms with Crippen LogP contribution in [0, 0.1) is 5.92 Å². The Balaban J connectivity index is 0.00000338. The minimum Gasteiger partial charge on any atom is -0.381 e. The van der Waals surface area contributed by atoms with E-state index in [2.05, 4.69) is 22.3 Å². The Kier molecular flexibility index (Phi) is 12.1. The largest absolute Gasteiger partial charge is 0.381 e. The lowest BCUT2D eigenvalue weighted by atomic mass is 9.96. The van der Waals surface area contributed by atoms with Crippen LogP contribution in [0.4, 0.5) is 0 Å². The van der Waals surface area contributed by atoms with Gasteiger partial charge in [-0.05, 0) is 30.7 Å². The standard InChI is InChI=1S/C19H31N3O2S.HI/c1-20-19(22(2)12-8-17-9-13-24-14-10-17)21-11-15-25(23)16-18-6-4-3-5-7-18;/h3-7,17H,8-16H2,1-2H3,(H,20,21);1H. The minimum absolute atomic E-state index is 0. The molecule has 5 nitrogen and oxygen atoms in total. The summed E-state index contributed by atoms with van der Waals surface area (Å²) in [6, 6.07) is 10.00. The molecule has 0 radical (unpaired) electrons. The van der Waals surface area contributed by atoms with Gasteiger partial charge in [0.15, 0.2) is 5.96 Å². The number of ether oxygens (including phenoxy) is 1. The zero-order valence-corrected chi connectivity index (χ0v) is 19.0. The lowest BCUT2D eigenvalue weighted by molar-refractivity contribution is 0.0625. The van der Waals surface area contributed by atoms with Crippen LogP contribution in [-0.2, 0) is 21.3 Å². The second-order valence-corrected chi connectivity index (χ2v) is 8.09. The molecule has 0 spiro atoms. The van der Waals surface area contributed by atoms with Gasteiger partial charge in [0.1, 0.15) is 0 Å². The molecule has 1 heterocycles. The van der Waals surface area contributed by atoms with Crippen LogP contribution < -0.4 is 5.32 Å². The number of aliphatic imine (C=N–C) groups is 1. The molecule has 0 bridgehead atoms. The van der Waals surface area contributed by atoms with Crippen LogP contribution in [0.25, 0.3) is 0 Å². The van der Waals surface area contributed by atoms with Crippen molar-refractivity contribution in [1.29, 1.82) is 0 Å². The van der Waals surface area contributed by atoms with E-state index in [4.69, 9.17) is 4.74 Å². The van der Waals surface area contributed by atoms with E-state index in [0.717, 1.165) is 37.2 Å². The number of nitrogens with one attached hydrogen (secondary N) is 1. The summed E-state index contributed by atoms with van der Waals surface area (Å²) in [6.45, 7) is 3.45. The molecule has 26 heavy (non-hydrogen) atoms. The van der Waals surface area contributed by atoms with Gasteiger partial charge < -0.3 is 15.0 Å². The lowest BCUT2D eigenvalue weighted by Crippen LogP contribution is -2.41. The Hall–Kier alpha value is -0.670. The lowest BCUT2D eigenvalue weighted by Gasteiger charge is -2.26. The molecular weight excluding hydrogens is 461 g/mol. The van der Waals surface area contributed by atoms with Gasteiger partial charge in [0, 0.05) is 62.7 Å². The second-order valence-electron chi connectivity index (χ2n) is 6.51. The molecule has 1 aliphatic heterocycles. The molecule has 1 aliphatic rings. The Morgan fingerprint density at radius 2 is 2.00 bits per heavy atom. The van der Waals surface area contributed by atoms with Crippen molar-refractivity contribution in [3.8, 4) is 0 Å². The average molecular weight is 493 g/mol. The van der Waals surface area contributed by atoms with Gasteiger partial charge in [-0.15, -0.1) is 24.0 Å². The van der Waals surface area contributed by atoms with Crippen molar-refractivity contribution in [2.75, 3.05) is 46.2 Å². The van der Waals surface area contributed by atoms with Crippen LogP contribution in [0.5, 0.6) is 0 Å². The van der Waals surface area contributed by atoms with Crippen molar-refractivity contribution in [3.63, 3.8) is 0 Å². The number of benzene rings is 1. The van der Waals surface area contributed by atoms with E-state index in [1.54, 1.807) is 7.05 Å². The van der Waals surface area contributed by atoms with Crippen LogP contribution in [0.1, 0.15) is 24.8 Å². The quantitative estimate of drug-likeness (QED) is 0.344. The van der Waals surface area contributed by atoms with Crippen molar-refractivity contribution in [3.05, 3.63) is 35.9 Å². The zero-order chi connectivity index (χ0) is 17.9. The van der Waals surface area contributed by atoms with Crippen molar-refractivity contribution < 1.29 is 8.95 Å². The first-order valence-electron chi connectivity index (χ1n) is 9.07. The second kappa shape index (κ2) is 13.5. The number of rotatable bonds is 8. The van der Waals surface area contributed by atoms with Crippen LogP contribution in [0.2, 0.25) is 0 Å². The van der Waals surface area contributed by atoms with E-state index in [1.165, 1.54) is 19.3 Å². The first-order valence-corrected chi connectivity index (χ1v) is 10.6. The Morgan fingerprint density at radius 3 is 2.65 bits per heavy atom.